The van der Waals surface area contributed by atoms with Crippen molar-refractivity contribution in [2.24, 2.45) is 0 Å². The number of hydrogen-bond donors (Lipinski definition) is 1. The number of aliphatic hydroxyl groups is 1. The molecule has 1 aromatic carbocycles. The van der Waals surface area contributed by atoms with Crippen molar-refractivity contribution in [2.45, 2.75) is 45.5 Å². The Kier molecular flexibility index (Phi) is 5.21. The standard InChI is InChI=1S/C15H24O4S/c1-11-6-7-13(12(2)16)14(10-11)19-8-9-20(17,18)15(3,4)5/h6-7,10,12,16H,8-9H2,1-5H3. The fourth-order valence-corrected chi connectivity index (χ4v) is 2.59. The Morgan fingerprint density at radius 1 is 1.30 bits per heavy atom. The van der Waals surface area contributed by atoms with Crippen LogP contribution in [0, 0.1) is 6.92 Å². The van der Waals surface area contributed by atoms with E-state index >= 15 is 0 Å². The Labute approximate surface area is 121 Å². The molecule has 20 heavy (non-hydrogen) atoms. The molecule has 4 nitrogen and oxygen atoms in total. The minimum Gasteiger partial charge on any atom is -0.492 e. The first-order chi connectivity index (χ1) is 9.04. The number of ether oxygens (including phenoxy) is 1. The van der Waals surface area contributed by atoms with Gasteiger partial charge in [0.1, 0.15) is 12.4 Å². The zero-order valence-electron chi connectivity index (χ0n) is 12.8. The van der Waals surface area contributed by atoms with Crippen LogP contribution in [0.3, 0.4) is 0 Å². The van der Waals surface area contributed by atoms with E-state index in [4.69, 9.17) is 4.74 Å². The van der Waals surface area contributed by atoms with Crippen LogP contribution in [-0.4, -0.2) is 30.6 Å². The molecule has 1 atom stereocenters. The molecular formula is C15H24O4S. The van der Waals surface area contributed by atoms with E-state index in [0.717, 1.165) is 5.56 Å². The number of benzene rings is 1. The van der Waals surface area contributed by atoms with Crippen molar-refractivity contribution < 1.29 is 18.3 Å². The van der Waals surface area contributed by atoms with Gasteiger partial charge in [-0.1, -0.05) is 12.1 Å². The van der Waals surface area contributed by atoms with Crippen LogP contribution in [-0.2, 0) is 9.84 Å². The maximum absolute atomic E-state index is 12.0. The first-order valence-corrected chi connectivity index (χ1v) is 8.33. The summed E-state index contributed by atoms with van der Waals surface area (Å²) in [7, 11) is -3.20. The highest BCUT2D eigenvalue weighted by molar-refractivity contribution is 7.92. The SMILES string of the molecule is Cc1ccc(C(C)O)c(OCCS(=O)(=O)C(C)(C)C)c1. The second-order valence-corrected chi connectivity index (χ2v) is 8.86. The van der Waals surface area contributed by atoms with Crippen molar-refractivity contribution in [2.75, 3.05) is 12.4 Å². The lowest BCUT2D eigenvalue weighted by Crippen LogP contribution is -2.32. The van der Waals surface area contributed by atoms with Crippen LogP contribution in [0.5, 0.6) is 5.75 Å². The molecule has 1 unspecified atom stereocenters. The molecule has 114 valence electrons. The van der Waals surface area contributed by atoms with Gasteiger partial charge in [0.15, 0.2) is 9.84 Å². The lowest BCUT2D eigenvalue weighted by Gasteiger charge is -2.20. The minimum atomic E-state index is -3.20. The fraction of sp³-hybridized carbons (Fsp3) is 0.600. The van der Waals surface area contributed by atoms with E-state index in [9.17, 15) is 13.5 Å². The summed E-state index contributed by atoms with van der Waals surface area (Å²) < 4.78 is 28.8. The monoisotopic (exact) mass is 300 g/mol. The summed E-state index contributed by atoms with van der Waals surface area (Å²) in [6.07, 6.45) is -0.648. The van der Waals surface area contributed by atoms with E-state index in [1.54, 1.807) is 33.8 Å². The molecule has 5 heteroatoms. The van der Waals surface area contributed by atoms with Crippen LogP contribution in [0.15, 0.2) is 18.2 Å². The molecule has 0 aliphatic rings. The smallest absolute Gasteiger partial charge is 0.158 e. The third kappa shape index (κ3) is 4.21. The highest BCUT2D eigenvalue weighted by Crippen LogP contribution is 2.26. The van der Waals surface area contributed by atoms with Crippen LogP contribution in [0.25, 0.3) is 0 Å². The van der Waals surface area contributed by atoms with Gasteiger partial charge < -0.3 is 9.84 Å². The molecule has 0 amide bonds. The lowest BCUT2D eigenvalue weighted by atomic mass is 10.1. The van der Waals surface area contributed by atoms with Crippen molar-refractivity contribution in [1.82, 2.24) is 0 Å². The highest BCUT2D eigenvalue weighted by atomic mass is 32.2. The van der Waals surface area contributed by atoms with Gasteiger partial charge in [0.05, 0.1) is 16.6 Å². The van der Waals surface area contributed by atoms with Gasteiger partial charge in [-0.15, -0.1) is 0 Å². The number of aliphatic hydroxyl groups excluding tert-OH is 1. The molecule has 1 rings (SSSR count). The summed E-state index contributed by atoms with van der Waals surface area (Å²) in [4.78, 5) is 0. The number of rotatable bonds is 5. The van der Waals surface area contributed by atoms with Crippen LogP contribution in [0.4, 0.5) is 0 Å². The van der Waals surface area contributed by atoms with Gasteiger partial charge >= 0.3 is 0 Å². The van der Waals surface area contributed by atoms with Gasteiger partial charge in [-0.25, -0.2) is 8.42 Å². The van der Waals surface area contributed by atoms with Crippen LogP contribution >= 0.6 is 0 Å². The molecule has 0 aliphatic heterocycles. The largest absolute Gasteiger partial charge is 0.492 e. The Morgan fingerprint density at radius 2 is 1.90 bits per heavy atom. The highest BCUT2D eigenvalue weighted by Gasteiger charge is 2.28. The van der Waals surface area contributed by atoms with E-state index in [2.05, 4.69) is 0 Å². The van der Waals surface area contributed by atoms with Crippen molar-refractivity contribution in [3.8, 4) is 5.75 Å². The van der Waals surface area contributed by atoms with E-state index in [-0.39, 0.29) is 12.4 Å². The second kappa shape index (κ2) is 6.14. The van der Waals surface area contributed by atoms with Crippen LogP contribution in [0.1, 0.15) is 44.9 Å². The summed E-state index contributed by atoms with van der Waals surface area (Å²) in [5.41, 5.74) is 1.67. The minimum absolute atomic E-state index is 0.0380. The van der Waals surface area contributed by atoms with Gasteiger partial charge in [0.2, 0.25) is 0 Å². The molecule has 0 spiro atoms. The molecule has 0 aromatic heterocycles. The second-order valence-electron chi connectivity index (χ2n) is 6.00. The van der Waals surface area contributed by atoms with Gasteiger partial charge in [0, 0.05) is 5.56 Å². The quantitative estimate of drug-likeness (QED) is 0.908. The predicted octanol–water partition coefficient (Wildman–Crippen LogP) is 2.64. The zero-order valence-corrected chi connectivity index (χ0v) is 13.6. The number of sulfone groups is 1. The van der Waals surface area contributed by atoms with Crippen LogP contribution < -0.4 is 4.74 Å². The first kappa shape index (κ1) is 17.0. The Bertz CT molecular complexity index is 554. The van der Waals surface area contributed by atoms with Crippen molar-refractivity contribution in [1.29, 1.82) is 0 Å². The Balaban J connectivity index is 2.79. The average molecular weight is 300 g/mol. The van der Waals surface area contributed by atoms with E-state index in [1.807, 2.05) is 19.1 Å². The Hall–Kier alpha value is -1.07. The van der Waals surface area contributed by atoms with Crippen LogP contribution in [0.2, 0.25) is 0 Å². The van der Waals surface area contributed by atoms with Crippen molar-refractivity contribution in [3.63, 3.8) is 0 Å². The van der Waals surface area contributed by atoms with Gasteiger partial charge in [0.25, 0.3) is 0 Å². The first-order valence-electron chi connectivity index (χ1n) is 6.68. The summed E-state index contributed by atoms with van der Waals surface area (Å²) in [5, 5.41) is 9.69. The normalized spacial score (nSPS) is 14.1. The van der Waals surface area contributed by atoms with Crippen molar-refractivity contribution in [3.05, 3.63) is 29.3 Å². The molecular weight excluding hydrogens is 276 g/mol. The molecule has 0 aliphatic carbocycles. The molecule has 0 fully saturated rings. The number of hydrogen-bond acceptors (Lipinski definition) is 4. The molecule has 0 radical (unpaired) electrons. The third-order valence-corrected chi connectivity index (χ3v) is 5.73. The summed E-state index contributed by atoms with van der Waals surface area (Å²) >= 11 is 0. The van der Waals surface area contributed by atoms with E-state index < -0.39 is 20.7 Å². The molecule has 1 N–H and O–H groups in total. The molecule has 1 aromatic rings. The molecule has 0 saturated carbocycles. The third-order valence-electron chi connectivity index (χ3n) is 3.16. The van der Waals surface area contributed by atoms with E-state index in [1.165, 1.54) is 0 Å². The predicted molar refractivity (Wildman–Crippen MR) is 80.8 cm³/mol. The average Bonchev–Trinajstić information content (AvgIpc) is 2.26. The van der Waals surface area contributed by atoms with Gasteiger partial charge in [-0.3, -0.25) is 0 Å². The summed E-state index contributed by atoms with van der Waals surface area (Å²) in [5.74, 6) is 0.507. The van der Waals surface area contributed by atoms with Crippen molar-refractivity contribution >= 4 is 9.84 Å². The summed E-state index contributed by atoms with van der Waals surface area (Å²) in [6, 6.07) is 5.50. The topological polar surface area (TPSA) is 63.6 Å². The lowest BCUT2D eigenvalue weighted by molar-refractivity contribution is 0.192. The molecule has 0 bridgehead atoms. The zero-order chi connectivity index (χ0) is 15.6. The molecule has 0 heterocycles. The number of aryl methyl sites for hydroxylation is 1. The fourth-order valence-electron chi connectivity index (χ4n) is 1.68. The van der Waals surface area contributed by atoms with Gasteiger partial charge in [-0.05, 0) is 46.2 Å². The Morgan fingerprint density at radius 3 is 2.40 bits per heavy atom. The maximum atomic E-state index is 12.0. The van der Waals surface area contributed by atoms with Gasteiger partial charge in [-0.2, -0.15) is 0 Å². The van der Waals surface area contributed by atoms with E-state index in [0.29, 0.717) is 11.3 Å². The summed E-state index contributed by atoms with van der Waals surface area (Å²) in [6.45, 7) is 8.69. The molecule has 0 saturated heterocycles. The maximum Gasteiger partial charge on any atom is 0.158 e.